The van der Waals surface area contributed by atoms with Gasteiger partial charge in [0.2, 0.25) is 5.88 Å². The number of hydrogen-bond acceptors (Lipinski definition) is 6. The molecule has 6 heteroatoms. The molecule has 1 aliphatic rings. The van der Waals surface area contributed by atoms with Crippen molar-refractivity contribution >= 4 is 5.82 Å². The van der Waals surface area contributed by atoms with Crippen molar-refractivity contribution in [3.05, 3.63) is 12.4 Å². The van der Waals surface area contributed by atoms with E-state index in [1.165, 1.54) is 6.33 Å². The Balaban J connectivity index is 1.59. The molecule has 0 aromatic carbocycles. The topological polar surface area (TPSA) is 68.3 Å². The zero-order chi connectivity index (χ0) is 14.8. The molecule has 0 saturated carbocycles. The van der Waals surface area contributed by atoms with Crippen LogP contribution in [0.1, 0.15) is 32.6 Å². The summed E-state index contributed by atoms with van der Waals surface area (Å²) in [7, 11) is 0. The molecule has 0 unspecified atom stereocenters. The third-order valence-electron chi connectivity index (χ3n) is 3.36. The van der Waals surface area contributed by atoms with Crippen molar-refractivity contribution in [1.29, 1.82) is 0 Å². The van der Waals surface area contributed by atoms with Gasteiger partial charge in [-0.1, -0.05) is 6.92 Å². The Morgan fingerprint density at radius 3 is 2.95 bits per heavy atom. The van der Waals surface area contributed by atoms with Crippen molar-refractivity contribution in [2.45, 2.75) is 38.7 Å². The highest BCUT2D eigenvalue weighted by atomic mass is 16.5. The summed E-state index contributed by atoms with van der Waals surface area (Å²) in [6.45, 7) is 6.54. The van der Waals surface area contributed by atoms with Crippen LogP contribution in [0.5, 0.6) is 5.88 Å². The largest absolute Gasteiger partial charge is 0.478 e. The summed E-state index contributed by atoms with van der Waals surface area (Å²) in [5, 5.41) is 6.61. The van der Waals surface area contributed by atoms with E-state index in [1.807, 2.05) is 6.07 Å². The van der Waals surface area contributed by atoms with Crippen molar-refractivity contribution in [3.8, 4) is 5.88 Å². The van der Waals surface area contributed by atoms with E-state index < -0.39 is 0 Å². The van der Waals surface area contributed by atoms with E-state index in [0.29, 0.717) is 18.6 Å². The molecule has 1 aromatic heterocycles. The standard InChI is InChI=1S/C15H26N4O2/c1-2-9-21-15-11-14(18-12-19-15)17-6-3-10-20-13-4-7-16-8-5-13/h11-13,16H,2-10H2,1H3,(H,17,18,19). The third kappa shape index (κ3) is 6.27. The quantitative estimate of drug-likeness (QED) is 0.677. The van der Waals surface area contributed by atoms with Crippen LogP contribution in [0.25, 0.3) is 0 Å². The van der Waals surface area contributed by atoms with E-state index in [-0.39, 0.29) is 0 Å². The first-order valence-electron chi connectivity index (χ1n) is 7.89. The minimum absolute atomic E-state index is 0.430. The minimum atomic E-state index is 0.430. The smallest absolute Gasteiger partial charge is 0.218 e. The summed E-state index contributed by atoms with van der Waals surface area (Å²) in [5.74, 6) is 1.43. The van der Waals surface area contributed by atoms with Crippen molar-refractivity contribution in [3.63, 3.8) is 0 Å². The second-order valence-electron chi connectivity index (χ2n) is 5.19. The Kier molecular flexibility index (Phi) is 7.24. The van der Waals surface area contributed by atoms with Gasteiger partial charge in [-0.05, 0) is 38.8 Å². The SMILES string of the molecule is CCCOc1cc(NCCCOC2CCNCC2)ncn1. The summed E-state index contributed by atoms with van der Waals surface area (Å²) in [5.41, 5.74) is 0. The third-order valence-corrected chi connectivity index (χ3v) is 3.36. The lowest BCUT2D eigenvalue weighted by Gasteiger charge is -2.22. The van der Waals surface area contributed by atoms with Gasteiger partial charge in [0.25, 0.3) is 0 Å². The van der Waals surface area contributed by atoms with Gasteiger partial charge in [-0.2, -0.15) is 0 Å². The molecule has 0 atom stereocenters. The molecule has 1 fully saturated rings. The molecule has 0 amide bonds. The van der Waals surface area contributed by atoms with Gasteiger partial charge in [-0.3, -0.25) is 0 Å². The molecule has 1 aliphatic heterocycles. The second-order valence-corrected chi connectivity index (χ2v) is 5.19. The molecular weight excluding hydrogens is 268 g/mol. The van der Waals surface area contributed by atoms with E-state index in [2.05, 4.69) is 27.5 Å². The van der Waals surface area contributed by atoms with Crippen LogP contribution in [-0.2, 0) is 4.74 Å². The van der Waals surface area contributed by atoms with Crippen molar-refractivity contribution in [2.75, 3.05) is 38.2 Å². The molecule has 0 aliphatic carbocycles. The number of anilines is 1. The number of hydrogen-bond donors (Lipinski definition) is 2. The van der Waals surface area contributed by atoms with E-state index >= 15 is 0 Å². The van der Waals surface area contributed by atoms with Gasteiger partial charge in [-0.15, -0.1) is 0 Å². The molecule has 6 nitrogen and oxygen atoms in total. The van der Waals surface area contributed by atoms with Crippen LogP contribution in [0, 0.1) is 0 Å². The van der Waals surface area contributed by atoms with Crippen molar-refractivity contribution in [2.24, 2.45) is 0 Å². The zero-order valence-electron chi connectivity index (χ0n) is 12.8. The van der Waals surface area contributed by atoms with Gasteiger partial charge >= 0.3 is 0 Å². The summed E-state index contributed by atoms with van der Waals surface area (Å²) in [6.07, 6.45) is 6.15. The Morgan fingerprint density at radius 2 is 2.14 bits per heavy atom. The number of piperidine rings is 1. The molecular formula is C15H26N4O2. The Morgan fingerprint density at radius 1 is 1.29 bits per heavy atom. The van der Waals surface area contributed by atoms with Crippen molar-refractivity contribution < 1.29 is 9.47 Å². The number of aromatic nitrogens is 2. The average molecular weight is 294 g/mol. The lowest BCUT2D eigenvalue weighted by Crippen LogP contribution is -2.32. The van der Waals surface area contributed by atoms with E-state index in [4.69, 9.17) is 9.47 Å². The maximum Gasteiger partial charge on any atom is 0.218 e. The van der Waals surface area contributed by atoms with Crippen LogP contribution < -0.4 is 15.4 Å². The maximum atomic E-state index is 5.86. The van der Waals surface area contributed by atoms with Gasteiger partial charge in [0.15, 0.2) is 0 Å². The molecule has 118 valence electrons. The zero-order valence-corrected chi connectivity index (χ0v) is 12.8. The van der Waals surface area contributed by atoms with Crippen LogP contribution in [0.2, 0.25) is 0 Å². The number of rotatable bonds is 9. The molecule has 0 spiro atoms. The summed E-state index contributed by atoms with van der Waals surface area (Å²) < 4.78 is 11.3. The molecule has 2 heterocycles. The first-order valence-corrected chi connectivity index (χ1v) is 7.89. The van der Waals surface area contributed by atoms with Gasteiger partial charge < -0.3 is 20.1 Å². The number of nitrogens with one attached hydrogen (secondary N) is 2. The number of nitrogens with zero attached hydrogens (tertiary/aromatic N) is 2. The van der Waals surface area contributed by atoms with Gasteiger partial charge in [-0.25, -0.2) is 9.97 Å². The lowest BCUT2D eigenvalue weighted by atomic mass is 10.1. The van der Waals surface area contributed by atoms with Crippen molar-refractivity contribution in [1.82, 2.24) is 15.3 Å². The Hall–Kier alpha value is -1.40. The van der Waals surface area contributed by atoms with Gasteiger partial charge in [0, 0.05) is 19.2 Å². The monoisotopic (exact) mass is 294 g/mol. The molecule has 1 aromatic rings. The lowest BCUT2D eigenvalue weighted by molar-refractivity contribution is 0.0329. The van der Waals surface area contributed by atoms with E-state index in [1.54, 1.807) is 0 Å². The molecule has 1 saturated heterocycles. The predicted molar refractivity (Wildman–Crippen MR) is 82.8 cm³/mol. The Labute approximate surface area is 126 Å². The molecule has 0 radical (unpaired) electrons. The van der Waals surface area contributed by atoms with E-state index in [0.717, 1.165) is 57.7 Å². The first-order chi connectivity index (χ1) is 10.4. The highest BCUT2D eigenvalue weighted by molar-refractivity contribution is 5.36. The molecule has 21 heavy (non-hydrogen) atoms. The Bertz CT molecular complexity index is 397. The molecule has 2 N–H and O–H groups in total. The van der Waals surface area contributed by atoms with Crippen LogP contribution in [0.3, 0.4) is 0 Å². The molecule has 0 bridgehead atoms. The second kappa shape index (κ2) is 9.52. The fourth-order valence-corrected chi connectivity index (χ4v) is 2.22. The van der Waals surface area contributed by atoms with Crippen LogP contribution in [-0.4, -0.2) is 48.9 Å². The minimum Gasteiger partial charge on any atom is -0.478 e. The van der Waals surface area contributed by atoms with Crippen LogP contribution >= 0.6 is 0 Å². The predicted octanol–water partition coefficient (Wildman–Crippen LogP) is 1.84. The van der Waals surface area contributed by atoms with Gasteiger partial charge in [0.05, 0.1) is 12.7 Å². The summed E-state index contributed by atoms with van der Waals surface area (Å²) in [6, 6.07) is 1.84. The van der Waals surface area contributed by atoms with E-state index in [9.17, 15) is 0 Å². The number of ether oxygens (including phenoxy) is 2. The maximum absolute atomic E-state index is 5.86. The fourth-order valence-electron chi connectivity index (χ4n) is 2.22. The average Bonchev–Trinajstić information content (AvgIpc) is 2.54. The summed E-state index contributed by atoms with van der Waals surface area (Å²) in [4.78, 5) is 8.26. The first kappa shape index (κ1) is 16.0. The molecule has 2 rings (SSSR count). The van der Waals surface area contributed by atoms with Crippen LogP contribution in [0.4, 0.5) is 5.82 Å². The van der Waals surface area contributed by atoms with Gasteiger partial charge in [0.1, 0.15) is 12.1 Å². The highest BCUT2D eigenvalue weighted by Crippen LogP contribution is 2.11. The van der Waals surface area contributed by atoms with Crippen LogP contribution in [0.15, 0.2) is 12.4 Å². The highest BCUT2D eigenvalue weighted by Gasteiger charge is 2.12. The fraction of sp³-hybridized carbons (Fsp3) is 0.733. The normalized spacial score (nSPS) is 15.9. The summed E-state index contributed by atoms with van der Waals surface area (Å²) >= 11 is 0.